The Balaban J connectivity index is 1.42. The Bertz CT molecular complexity index is 1200. The summed E-state index contributed by atoms with van der Waals surface area (Å²) in [5, 5.41) is 5.71. The van der Waals surface area contributed by atoms with Crippen LogP contribution in [0.5, 0.6) is 5.75 Å². The number of anilines is 1. The summed E-state index contributed by atoms with van der Waals surface area (Å²) >= 11 is 5.90. The number of imide groups is 1. The SMILES string of the molecule is COc1ccc(NC(=O)CN2C(=O)N/C(=C\c3ccc(-c4ccc(Cl)cc4)o3)C2=O)cc1. The minimum atomic E-state index is -0.685. The molecule has 4 rings (SSSR count). The first kappa shape index (κ1) is 21.2. The number of methoxy groups -OCH3 is 1. The average molecular weight is 452 g/mol. The van der Waals surface area contributed by atoms with Gasteiger partial charge < -0.3 is 19.8 Å². The topological polar surface area (TPSA) is 101 Å². The maximum Gasteiger partial charge on any atom is 0.329 e. The number of urea groups is 1. The van der Waals surface area contributed by atoms with Crippen LogP contribution < -0.4 is 15.4 Å². The smallest absolute Gasteiger partial charge is 0.329 e. The molecule has 0 saturated carbocycles. The number of hydrogen-bond donors (Lipinski definition) is 2. The molecule has 162 valence electrons. The Morgan fingerprint density at radius 1 is 1.09 bits per heavy atom. The zero-order valence-corrected chi connectivity index (χ0v) is 17.7. The number of furan rings is 1. The lowest BCUT2D eigenvalue weighted by Gasteiger charge is -2.12. The van der Waals surface area contributed by atoms with E-state index in [1.165, 1.54) is 13.2 Å². The van der Waals surface area contributed by atoms with Crippen LogP contribution in [0.1, 0.15) is 5.76 Å². The van der Waals surface area contributed by atoms with Crippen molar-refractivity contribution in [3.05, 3.63) is 77.1 Å². The Morgan fingerprint density at radius 2 is 1.81 bits per heavy atom. The Morgan fingerprint density at radius 3 is 2.50 bits per heavy atom. The molecule has 4 amide bonds. The Hall–Kier alpha value is -4.04. The van der Waals surface area contributed by atoms with Gasteiger partial charge in [0.05, 0.1) is 7.11 Å². The molecule has 32 heavy (non-hydrogen) atoms. The minimum absolute atomic E-state index is 0.0178. The number of ether oxygens (including phenoxy) is 1. The first-order valence-electron chi connectivity index (χ1n) is 9.57. The van der Waals surface area contributed by atoms with Crippen LogP contribution in [0.3, 0.4) is 0 Å². The summed E-state index contributed by atoms with van der Waals surface area (Å²) in [6.07, 6.45) is 1.42. The van der Waals surface area contributed by atoms with Crippen molar-refractivity contribution < 1.29 is 23.5 Å². The number of halogens is 1. The summed E-state index contributed by atoms with van der Waals surface area (Å²) < 4.78 is 10.8. The second-order valence-corrected chi connectivity index (χ2v) is 7.30. The molecule has 2 heterocycles. The Labute approximate surface area is 188 Å². The molecule has 0 aliphatic carbocycles. The van der Waals surface area contributed by atoms with Crippen LogP contribution in [-0.4, -0.2) is 36.4 Å². The van der Waals surface area contributed by atoms with E-state index in [-0.39, 0.29) is 5.70 Å². The van der Waals surface area contributed by atoms with Gasteiger partial charge in [0, 0.05) is 22.3 Å². The van der Waals surface area contributed by atoms with Gasteiger partial charge in [0.2, 0.25) is 5.91 Å². The lowest BCUT2D eigenvalue weighted by molar-refractivity contribution is -0.127. The molecule has 0 atom stereocenters. The molecular formula is C23H18ClN3O5. The monoisotopic (exact) mass is 451 g/mol. The molecule has 2 aromatic carbocycles. The molecule has 1 saturated heterocycles. The van der Waals surface area contributed by atoms with Crippen molar-refractivity contribution in [3.63, 3.8) is 0 Å². The number of nitrogens with one attached hydrogen (secondary N) is 2. The van der Waals surface area contributed by atoms with Crippen LogP contribution >= 0.6 is 11.6 Å². The van der Waals surface area contributed by atoms with Crippen LogP contribution in [0.15, 0.2) is 70.8 Å². The molecule has 1 aromatic heterocycles. The van der Waals surface area contributed by atoms with Gasteiger partial charge in [0.15, 0.2) is 0 Å². The number of carbonyl (C=O) groups is 3. The highest BCUT2D eigenvalue weighted by atomic mass is 35.5. The quantitative estimate of drug-likeness (QED) is 0.433. The van der Waals surface area contributed by atoms with Gasteiger partial charge in [0.25, 0.3) is 5.91 Å². The maximum atomic E-state index is 12.6. The average Bonchev–Trinajstić information content (AvgIpc) is 3.35. The molecule has 0 unspecified atom stereocenters. The van der Waals surface area contributed by atoms with Gasteiger partial charge in [0.1, 0.15) is 29.5 Å². The van der Waals surface area contributed by atoms with E-state index in [9.17, 15) is 14.4 Å². The predicted octanol–water partition coefficient (Wildman–Crippen LogP) is 4.14. The predicted molar refractivity (Wildman–Crippen MR) is 119 cm³/mol. The number of benzene rings is 2. The molecule has 9 heteroatoms. The lowest BCUT2D eigenvalue weighted by atomic mass is 10.2. The second-order valence-electron chi connectivity index (χ2n) is 6.87. The molecule has 0 bridgehead atoms. The van der Waals surface area contributed by atoms with Crippen LogP contribution in [0.4, 0.5) is 10.5 Å². The normalized spacial score (nSPS) is 14.6. The van der Waals surface area contributed by atoms with E-state index in [2.05, 4.69) is 10.6 Å². The number of rotatable bonds is 6. The third-order valence-corrected chi connectivity index (χ3v) is 4.93. The third-order valence-electron chi connectivity index (χ3n) is 4.68. The zero-order valence-electron chi connectivity index (χ0n) is 16.9. The van der Waals surface area contributed by atoms with Crippen LogP contribution in [-0.2, 0) is 9.59 Å². The van der Waals surface area contributed by atoms with E-state index in [0.717, 1.165) is 10.5 Å². The summed E-state index contributed by atoms with van der Waals surface area (Å²) in [4.78, 5) is 38.0. The van der Waals surface area contributed by atoms with Crippen LogP contribution in [0, 0.1) is 0 Å². The van der Waals surface area contributed by atoms with Crippen LogP contribution in [0.25, 0.3) is 17.4 Å². The molecular weight excluding hydrogens is 434 g/mol. The number of nitrogens with zero attached hydrogens (tertiary/aromatic N) is 1. The maximum absolute atomic E-state index is 12.6. The van der Waals surface area contributed by atoms with Crippen molar-refractivity contribution in [1.29, 1.82) is 0 Å². The molecule has 0 radical (unpaired) electrons. The highest BCUT2D eigenvalue weighted by Gasteiger charge is 2.35. The van der Waals surface area contributed by atoms with E-state index in [1.807, 2.05) is 12.1 Å². The van der Waals surface area contributed by atoms with Gasteiger partial charge in [-0.15, -0.1) is 0 Å². The number of carbonyl (C=O) groups excluding carboxylic acids is 3. The third kappa shape index (κ3) is 4.65. The largest absolute Gasteiger partial charge is 0.497 e. The van der Waals surface area contributed by atoms with Crippen molar-refractivity contribution >= 4 is 41.2 Å². The van der Waals surface area contributed by atoms with Gasteiger partial charge in [-0.25, -0.2) is 9.69 Å². The van der Waals surface area contributed by atoms with Gasteiger partial charge in [-0.2, -0.15) is 0 Å². The summed E-state index contributed by atoms with van der Waals surface area (Å²) in [5.74, 6) is 0.473. The molecule has 1 aliphatic rings. The van der Waals surface area contributed by atoms with E-state index in [1.54, 1.807) is 48.5 Å². The zero-order chi connectivity index (χ0) is 22.7. The van der Waals surface area contributed by atoms with E-state index in [0.29, 0.717) is 28.0 Å². The first-order valence-corrected chi connectivity index (χ1v) is 9.95. The molecule has 1 aliphatic heterocycles. The Kier molecular flexibility index (Phi) is 5.96. The van der Waals surface area contributed by atoms with Gasteiger partial charge in [-0.3, -0.25) is 9.59 Å². The van der Waals surface area contributed by atoms with Crippen molar-refractivity contribution in [1.82, 2.24) is 10.2 Å². The highest BCUT2D eigenvalue weighted by Crippen LogP contribution is 2.25. The standard InChI is InChI=1S/C23H18ClN3O5/c1-31-17-8-6-16(7-9-17)25-21(28)13-27-22(29)19(26-23(27)30)12-18-10-11-20(32-18)14-2-4-15(24)5-3-14/h2-12H,13H2,1H3,(H,25,28)(H,26,30)/b19-12-. The van der Waals surface area contributed by atoms with Gasteiger partial charge in [-0.05, 0) is 60.7 Å². The molecule has 8 nitrogen and oxygen atoms in total. The summed E-state index contributed by atoms with van der Waals surface area (Å²) in [7, 11) is 1.54. The first-order chi connectivity index (χ1) is 15.4. The van der Waals surface area contributed by atoms with Crippen molar-refractivity contribution in [2.24, 2.45) is 0 Å². The molecule has 2 N–H and O–H groups in total. The molecule has 3 aromatic rings. The fourth-order valence-corrected chi connectivity index (χ4v) is 3.20. The second kappa shape index (κ2) is 8.99. The van der Waals surface area contributed by atoms with E-state index in [4.69, 9.17) is 20.8 Å². The van der Waals surface area contributed by atoms with Crippen molar-refractivity contribution in [3.8, 4) is 17.1 Å². The van der Waals surface area contributed by atoms with Crippen LogP contribution in [0.2, 0.25) is 5.02 Å². The van der Waals surface area contributed by atoms with Gasteiger partial charge in [-0.1, -0.05) is 11.6 Å². The summed E-state index contributed by atoms with van der Waals surface area (Å²) in [5.41, 5.74) is 1.35. The summed E-state index contributed by atoms with van der Waals surface area (Å²) in [6, 6.07) is 16.5. The highest BCUT2D eigenvalue weighted by molar-refractivity contribution is 6.30. The van der Waals surface area contributed by atoms with E-state index >= 15 is 0 Å². The van der Waals surface area contributed by atoms with Crippen molar-refractivity contribution in [2.75, 3.05) is 19.0 Å². The van der Waals surface area contributed by atoms with E-state index < -0.39 is 24.4 Å². The van der Waals surface area contributed by atoms with Crippen molar-refractivity contribution in [2.45, 2.75) is 0 Å². The molecule has 1 fully saturated rings. The number of amides is 4. The molecule has 0 spiro atoms. The number of hydrogen-bond acceptors (Lipinski definition) is 5. The minimum Gasteiger partial charge on any atom is -0.497 e. The fraction of sp³-hybridized carbons (Fsp3) is 0.0870. The lowest BCUT2D eigenvalue weighted by Crippen LogP contribution is -2.38. The van der Waals surface area contributed by atoms with Gasteiger partial charge >= 0.3 is 6.03 Å². The fourth-order valence-electron chi connectivity index (χ4n) is 3.08. The summed E-state index contributed by atoms with van der Waals surface area (Å²) in [6.45, 7) is -0.428.